The fourth-order valence-corrected chi connectivity index (χ4v) is 1.76. The van der Waals surface area contributed by atoms with E-state index in [1.807, 2.05) is 0 Å². The van der Waals surface area contributed by atoms with Gasteiger partial charge in [0.05, 0.1) is 11.8 Å². The zero-order valence-corrected chi connectivity index (χ0v) is 10.8. The van der Waals surface area contributed by atoms with Gasteiger partial charge < -0.3 is 13.7 Å². The number of rotatable bonds is 4. The number of hydrogen-bond donors (Lipinski definition) is 0. The lowest BCUT2D eigenvalue weighted by Gasteiger charge is -2.02. The largest absolute Gasteiger partial charge is 0.461 e. The average molecular weight is 287 g/mol. The second kappa shape index (κ2) is 5.62. The van der Waals surface area contributed by atoms with Crippen LogP contribution >= 0.6 is 0 Å². The first-order chi connectivity index (χ1) is 10.2. The molecular formula is C15H10FNO4. The lowest BCUT2D eigenvalue weighted by molar-refractivity contribution is 0.0459. The van der Waals surface area contributed by atoms with Crippen molar-refractivity contribution in [3.8, 4) is 11.5 Å². The monoisotopic (exact) mass is 287 g/mol. The van der Waals surface area contributed by atoms with Crippen LogP contribution in [0.4, 0.5) is 4.39 Å². The first-order valence-electron chi connectivity index (χ1n) is 6.15. The van der Waals surface area contributed by atoms with Gasteiger partial charge in [-0.15, -0.1) is 0 Å². The van der Waals surface area contributed by atoms with Gasteiger partial charge in [0.25, 0.3) is 0 Å². The third kappa shape index (κ3) is 2.84. The Morgan fingerprint density at radius 1 is 1.19 bits per heavy atom. The number of furan rings is 1. The fraction of sp³-hybridized carbons (Fsp3) is 0.0667. The highest BCUT2D eigenvalue weighted by Crippen LogP contribution is 2.21. The summed E-state index contributed by atoms with van der Waals surface area (Å²) in [6.45, 7) is -0.114. The van der Waals surface area contributed by atoms with Crippen molar-refractivity contribution in [2.45, 2.75) is 6.61 Å². The van der Waals surface area contributed by atoms with Crippen LogP contribution in [-0.2, 0) is 11.3 Å². The standard InChI is InChI=1S/C15H10FNO4/c16-12-5-2-1-4-11(12)15(18)20-9-10-8-14(21-17-10)13-6-3-7-19-13/h1-8H,9H2. The van der Waals surface area contributed by atoms with Gasteiger partial charge in [-0.1, -0.05) is 17.3 Å². The molecule has 0 atom stereocenters. The smallest absolute Gasteiger partial charge is 0.341 e. The number of hydrogen-bond acceptors (Lipinski definition) is 5. The van der Waals surface area contributed by atoms with Crippen molar-refractivity contribution in [3.05, 3.63) is 65.8 Å². The summed E-state index contributed by atoms with van der Waals surface area (Å²) in [4.78, 5) is 11.7. The summed E-state index contributed by atoms with van der Waals surface area (Å²) in [6, 6.07) is 10.6. The molecule has 2 heterocycles. The Bertz CT molecular complexity index is 749. The molecular weight excluding hydrogens is 277 g/mol. The molecule has 0 aliphatic heterocycles. The third-order valence-electron chi connectivity index (χ3n) is 2.77. The highest BCUT2D eigenvalue weighted by molar-refractivity contribution is 5.89. The van der Waals surface area contributed by atoms with Crippen LogP contribution in [0.25, 0.3) is 11.5 Å². The normalized spacial score (nSPS) is 10.5. The van der Waals surface area contributed by atoms with E-state index in [1.54, 1.807) is 24.3 Å². The van der Waals surface area contributed by atoms with Crippen LogP contribution in [0, 0.1) is 5.82 Å². The van der Waals surface area contributed by atoms with Gasteiger partial charge in [-0.2, -0.15) is 0 Å². The van der Waals surface area contributed by atoms with E-state index in [-0.39, 0.29) is 12.2 Å². The van der Waals surface area contributed by atoms with Gasteiger partial charge in [-0.25, -0.2) is 9.18 Å². The van der Waals surface area contributed by atoms with E-state index in [2.05, 4.69) is 5.16 Å². The Hall–Kier alpha value is -2.89. The molecule has 0 amide bonds. The van der Waals surface area contributed by atoms with E-state index in [1.165, 1.54) is 24.5 Å². The van der Waals surface area contributed by atoms with Crippen molar-refractivity contribution in [1.29, 1.82) is 0 Å². The molecule has 0 spiro atoms. The van der Waals surface area contributed by atoms with Crippen molar-refractivity contribution in [2.75, 3.05) is 0 Å². The zero-order valence-electron chi connectivity index (χ0n) is 10.8. The molecule has 0 radical (unpaired) electrons. The van der Waals surface area contributed by atoms with Crippen LogP contribution in [-0.4, -0.2) is 11.1 Å². The van der Waals surface area contributed by atoms with Crippen LogP contribution in [0.1, 0.15) is 16.1 Å². The molecule has 0 aliphatic carbocycles. The first-order valence-corrected chi connectivity index (χ1v) is 6.15. The third-order valence-corrected chi connectivity index (χ3v) is 2.77. The highest BCUT2D eigenvalue weighted by atomic mass is 19.1. The number of nitrogens with zero attached hydrogens (tertiary/aromatic N) is 1. The molecule has 0 N–H and O–H groups in total. The Labute approximate surface area is 118 Å². The minimum atomic E-state index is -0.754. The van der Waals surface area contributed by atoms with Crippen molar-refractivity contribution >= 4 is 5.97 Å². The molecule has 106 valence electrons. The van der Waals surface area contributed by atoms with Gasteiger partial charge in [0, 0.05) is 6.07 Å². The Morgan fingerprint density at radius 2 is 2.05 bits per heavy atom. The Kier molecular flexibility index (Phi) is 3.51. The molecule has 21 heavy (non-hydrogen) atoms. The molecule has 0 fully saturated rings. The number of ether oxygens (including phenoxy) is 1. The maximum Gasteiger partial charge on any atom is 0.341 e. The Morgan fingerprint density at radius 3 is 2.81 bits per heavy atom. The maximum atomic E-state index is 13.4. The van der Waals surface area contributed by atoms with E-state index in [0.29, 0.717) is 17.2 Å². The van der Waals surface area contributed by atoms with Gasteiger partial charge in [0.1, 0.15) is 18.1 Å². The molecule has 0 saturated heterocycles. The minimum Gasteiger partial charge on any atom is -0.461 e. The van der Waals surface area contributed by atoms with E-state index < -0.39 is 11.8 Å². The quantitative estimate of drug-likeness (QED) is 0.688. The summed E-state index contributed by atoms with van der Waals surface area (Å²) in [5, 5.41) is 3.75. The van der Waals surface area contributed by atoms with Gasteiger partial charge in [-0.05, 0) is 24.3 Å². The van der Waals surface area contributed by atoms with Crippen LogP contribution in [0.3, 0.4) is 0 Å². The molecule has 0 saturated carbocycles. The topological polar surface area (TPSA) is 65.5 Å². The molecule has 6 heteroatoms. The summed E-state index contributed by atoms with van der Waals surface area (Å²) < 4.78 is 28.6. The number of aromatic nitrogens is 1. The molecule has 0 unspecified atom stereocenters. The number of carbonyl (C=O) groups is 1. The van der Waals surface area contributed by atoms with Crippen molar-refractivity contribution < 1.29 is 22.9 Å². The van der Waals surface area contributed by atoms with Crippen molar-refractivity contribution in [2.24, 2.45) is 0 Å². The van der Waals surface area contributed by atoms with Gasteiger partial charge in [0.2, 0.25) is 5.76 Å². The lowest BCUT2D eigenvalue weighted by atomic mass is 10.2. The summed E-state index contributed by atoms with van der Waals surface area (Å²) in [6.07, 6.45) is 1.51. The molecule has 1 aromatic carbocycles. The number of halogens is 1. The lowest BCUT2D eigenvalue weighted by Crippen LogP contribution is -2.07. The maximum absolute atomic E-state index is 13.4. The molecule has 3 rings (SSSR count). The van der Waals surface area contributed by atoms with Gasteiger partial charge >= 0.3 is 5.97 Å². The van der Waals surface area contributed by atoms with Crippen molar-refractivity contribution in [1.82, 2.24) is 5.16 Å². The second-order valence-corrected chi connectivity index (χ2v) is 4.22. The molecule has 0 bridgehead atoms. The number of esters is 1. The summed E-state index contributed by atoms with van der Waals surface area (Å²) in [5.74, 6) is -0.430. The van der Waals surface area contributed by atoms with E-state index >= 15 is 0 Å². The zero-order chi connectivity index (χ0) is 14.7. The van der Waals surface area contributed by atoms with E-state index in [9.17, 15) is 9.18 Å². The number of benzene rings is 1. The highest BCUT2D eigenvalue weighted by Gasteiger charge is 2.14. The van der Waals surface area contributed by atoms with Crippen molar-refractivity contribution in [3.63, 3.8) is 0 Å². The first kappa shape index (κ1) is 13.1. The van der Waals surface area contributed by atoms with Gasteiger partial charge in [0.15, 0.2) is 5.76 Å². The Balaban J connectivity index is 1.66. The van der Waals surface area contributed by atoms with Crippen LogP contribution in [0.5, 0.6) is 0 Å². The molecule has 2 aromatic heterocycles. The molecule has 3 aromatic rings. The average Bonchev–Trinajstić information content (AvgIpc) is 3.16. The van der Waals surface area contributed by atoms with E-state index in [4.69, 9.17) is 13.7 Å². The molecule has 5 nitrogen and oxygen atoms in total. The summed E-state index contributed by atoms with van der Waals surface area (Å²) >= 11 is 0. The van der Waals surface area contributed by atoms with Crippen LogP contribution < -0.4 is 0 Å². The van der Waals surface area contributed by atoms with Gasteiger partial charge in [-0.3, -0.25) is 0 Å². The second-order valence-electron chi connectivity index (χ2n) is 4.22. The van der Waals surface area contributed by atoms with Crippen LogP contribution in [0.2, 0.25) is 0 Å². The predicted octanol–water partition coefficient (Wildman–Crippen LogP) is 3.43. The van der Waals surface area contributed by atoms with Crippen LogP contribution in [0.15, 0.2) is 57.7 Å². The summed E-state index contributed by atoms with van der Waals surface area (Å²) in [5.41, 5.74) is 0.290. The van der Waals surface area contributed by atoms with E-state index in [0.717, 1.165) is 0 Å². The SMILES string of the molecule is O=C(OCc1cc(-c2ccco2)on1)c1ccccc1F. The fourth-order valence-electron chi connectivity index (χ4n) is 1.76. The minimum absolute atomic E-state index is 0.114. The molecule has 0 aliphatic rings. The summed E-state index contributed by atoms with van der Waals surface area (Å²) in [7, 11) is 0. The predicted molar refractivity (Wildman–Crippen MR) is 69.7 cm³/mol. The number of carbonyl (C=O) groups excluding carboxylic acids is 1.